The van der Waals surface area contributed by atoms with E-state index in [4.69, 9.17) is 19.2 Å². The van der Waals surface area contributed by atoms with Crippen LogP contribution in [-0.4, -0.2) is 49.8 Å². The summed E-state index contributed by atoms with van der Waals surface area (Å²) in [5.74, 6) is -2.27. The minimum absolute atomic E-state index is 0.115. The molecule has 0 radical (unpaired) electrons. The number of nitrogens with zero attached hydrogens (tertiary/aromatic N) is 2. The lowest BCUT2D eigenvalue weighted by Crippen LogP contribution is -2.47. The number of benzene rings is 1. The van der Waals surface area contributed by atoms with Crippen molar-refractivity contribution in [3.05, 3.63) is 41.5 Å². The predicted molar refractivity (Wildman–Crippen MR) is 94.7 cm³/mol. The molecule has 1 aliphatic carbocycles. The van der Waals surface area contributed by atoms with E-state index in [0.29, 0.717) is 0 Å². The van der Waals surface area contributed by atoms with Crippen LogP contribution < -0.4 is 0 Å². The van der Waals surface area contributed by atoms with Crippen molar-refractivity contribution in [2.75, 3.05) is 14.2 Å². The van der Waals surface area contributed by atoms with E-state index in [0.717, 1.165) is 16.7 Å². The predicted octanol–water partition coefficient (Wildman–Crippen LogP) is 1.56. The second-order valence-electron chi connectivity index (χ2n) is 6.49. The molecular formula is C19H18N2O6. The van der Waals surface area contributed by atoms with Gasteiger partial charge in [0, 0.05) is 0 Å². The van der Waals surface area contributed by atoms with Crippen molar-refractivity contribution in [3.63, 3.8) is 0 Å². The van der Waals surface area contributed by atoms with E-state index in [2.05, 4.69) is 10.2 Å². The molecule has 8 nitrogen and oxygen atoms in total. The van der Waals surface area contributed by atoms with E-state index in [1.807, 2.05) is 37.3 Å². The van der Waals surface area contributed by atoms with Crippen molar-refractivity contribution in [1.82, 2.24) is 0 Å². The Kier molecular flexibility index (Phi) is 4.37. The number of carbonyl (C=O) groups is 2. The third-order valence-corrected chi connectivity index (χ3v) is 5.24. The molecule has 140 valence electrons. The molecule has 2 bridgehead atoms. The Morgan fingerprint density at radius 2 is 1.37 bits per heavy atom. The van der Waals surface area contributed by atoms with Gasteiger partial charge in [-0.15, -0.1) is 10.2 Å². The average Bonchev–Trinajstić information content (AvgIpc) is 3.29. The molecule has 1 saturated heterocycles. The Morgan fingerprint density at radius 3 is 1.81 bits per heavy atom. The lowest BCUT2D eigenvalue weighted by Gasteiger charge is -2.30. The van der Waals surface area contributed by atoms with Crippen molar-refractivity contribution >= 4 is 28.9 Å². The summed E-state index contributed by atoms with van der Waals surface area (Å²) in [5, 5.41) is 7.90. The number of allylic oxidation sites excluding steroid dienone is 1. The largest absolute Gasteiger partial charge is 0.464 e. The molecule has 1 saturated carbocycles. The summed E-state index contributed by atoms with van der Waals surface area (Å²) in [4.78, 5) is 35.5. The quantitative estimate of drug-likeness (QED) is 0.592. The molecular weight excluding hydrogens is 352 g/mol. The van der Waals surface area contributed by atoms with Crippen LogP contribution in [0.2, 0.25) is 0 Å². The number of hydrogen-bond donors (Lipinski definition) is 0. The molecule has 2 fully saturated rings. The molecule has 1 aromatic carbocycles. The Hall–Kier alpha value is -2.84. The first kappa shape index (κ1) is 17.6. The molecule has 4 unspecified atom stereocenters. The van der Waals surface area contributed by atoms with E-state index < -0.39 is 36.0 Å². The van der Waals surface area contributed by atoms with Gasteiger partial charge in [-0.05, 0) is 23.6 Å². The van der Waals surface area contributed by atoms with Gasteiger partial charge in [0.2, 0.25) is 0 Å². The highest BCUT2D eigenvalue weighted by molar-refractivity contribution is 6.43. The number of methoxy groups -OCH3 is 2. The van der Waals surface area contributed by atoms with Crippen LogP contribution >= 0.6 is 0 Å². The average molecular weight is 370 g/mol. The van der Waals surface area contributed by atoms with Crippen LogP contribution in [0.5, 0.6) is 0 Å². The molecule has 0 aromatic heterocycles. The van der Waals surface area contributed by atoms with Gasteiger partial charge < -0.3 is 9.47 Å². The molecule has 27 heavy (non-hydrogen) atoms. The maximum atomic E-state index is 12.2. The van der Waals surface area contributed by atoms with E-state index >= 15 is 0 Å². The standard InChI is InChI=1S/C19H18N2O6/c1-9(10-7-5-4-6-8-10)11-16-12-13(17(11)27-26-16)15(19(23)25-3)21-20-14(12)18(22)24-2/h4-8,12-13,16-17H,1-3H3. The van der Waals surface area contributed by atoms with Crippen molar-refractivity contribution in [1.29, 1.82) is 0 Å². The number of fused-ring (bicyclic) bond motifs is 5. The molecule has 0 N–H and O–H groups in total. The first-order chi connectivity index (χ1) is 13.1. The Morgan fingerprint density at radius 1 is 0.889 bits per heavy atom. The fourth-order valence-corrected chi connectivity index (χ4v) is 3.98. The van der Waals surface area contributed by atoms with Crippen LogP contribution in [0.4, 0.5) is 0 Å². The zero-order valence-electron chi connectivity index (χ0n) is 15.0. The van der Waals surface area contributed by atoms with E-state index in [9.17, 15) is 9.59 Å². The second kappa shape index (κ2) is 6.71. The normalized spacial score (nSPS) is 28.2. The van der Waals surface area contributed by atoms with Crippen molar-refractivity contribution < 1.29 is 28.8 Å². The van der Waals surface area contributed by atoms with Gasteiger partial charge in [0.05, 0.1) is 26.1 Å². The van der Waals surface area contributed by atoms with E-state index in [-0.39, 0.29) is 11.4 Å². The summed E-state index contributed by atoms with van der Waals surface area (Å²) < 4.78 is 9.68. The summed E-state index contributed by atoms with van der Waals surface area (Å²) in [5.41, 5.74) is 3.06. The van der Waals surface area contributed by atoms with Crippen LogP contribution in [0.25, 0.3) is 5.57 Å². The SMILES string of the molecule is COC(=O)C1=NN=C(C(=O)OC)C2C3OOC(C3=C(C)c3ccccc3)C12. The number of carbonyl (C=O) groups excluding carboxylic acids is 2. The van der Waals surface area contributed by atoms with Crippen LogP contribution in [0.3, 0.4) is 0 Å². The zero-order valence-corrected chi connectivity index (χ0v) is 15.0. The van der Waals surface area contributed by atoms with Gasteiger partial charge in [-0.2, -0.15) is 0 Å². The van der Waals surface area contributed by atoms with E-state index in [1.165, 1.54) is 14.2 Å². The molecule has 2 heterocycles. The fourth-order valence-electron chi connectivity index (χ4n) is 3.98. The molecule has 1 aromatic rings. The smallest absolute Gasteiger partial charge is 0.354 e. The summed E-state index contributed by atoms with van der Waals surface area (Å²) in [6.45, 7) is 1.96. The third kappa shape index (κ3) is 2.60. The summed E-state index contributed by atoms with van der Waals surface area (Å²) in [6, 6.07) is 9.77. The molecule has 4 rings (SSSR count). The number of rotatable bonds is 3. The van der Waals surface area contributed by atoms with Crippen LogP contribution in [0, 0.1) is 11.8 Å². The Labute approximate surface area is 155 Å². The minimum atomic E-state index is -0.606. The van der Waals surface area contributed by atoms with Crippen molar-refractivity contribution in [3.8, 4) is 0 Å². The van der Waals surface area contributed by atoms with Crippen molar-refractivity contribution in [2.24, 2.45) is 22.0 Å². The fraction of sp³-hybridized carbons (Fsp3) is 0.368. The molecule has 3 aliphatic rings. The zero-order chi connectivity index (χ0) is 19.1. The maximum Gasteiger partial charge on any atom is 0.354 e. The van der Waals surface area contributed by atoms with Gasteiger partial charge in [0.15, 0.2) is 11.4 Å². The minimum Gasteiger partial charge on any atom is -0.464 e. The highest BCUT2D eigenvalue weighted by Gasteiger charge is 2.62. The van der Waals surface area contributed by atoms with Crippen LogP contribution in [0.1, 0.15) is 12.5 Å². The Bertz CT molecular complexity index is 841. The molecule has 0 amide bonds. The van der Waals surface area contributed by atoms with Crippen LogP contribution in [0.15, 0.2) is 46.1 Å². The summed E-state index contributed by atoms with van der Waals surface area (Å²) in [6.07, 6.45) is -1.12. The first-order valence-electron chi connectivity index (χ1n) is 8.48. The summed E-state index contributed by atoms with van der Waals surface area (Å²) >= 11 is 0. The summed E-state index contributed by atoms with van der Waals surface area (Å²) in [7, 11) is 2.55. The molecule has 8 heteroatoms. The van der Waals surface area contributed by atoms with Gasteiger partial charge in [-0.3, -0.25) is 0 Å². The van der Waals surface area contributed by atoms with Crippen molar-refractivity contribution in [2.45, 2.75) is 19.1 Å². The van der Waals surface area contributed by atoms with Gasteiger partial charge in [-0.1, -0.05) is 30.3 Å². The van der Waals surface area contributed by atoms with Gasteiger partial charge in [0.25, 0.3) is 0 Å². The number of hydrogen-bond acceptors (Lipinski definition) is 8. The highest BCUT2D eigenvalue weighted by Crippen LogP contribution is 2.51. The topological polar surface area (TPSA) is 95.8 Å². The van der Waals surface area contributed by atoms with Crippen LogP contribution in [-0.2, 0) is 28.8 Å². The highest BCUT2D eigenvalue weighted by atomic mass is 17.2. The third-order valence-electron chi connectivity index (χ3n) is 5.24. The number of ether oxygens (including phenoxy) is 2. The second-order valence-corrected chi connectivity index (χ2v) is 6.49. The van der Waals surface area contributed by atoms with Gasteiger partial charge in [-0.25, -0.2) is 19.4 Å². The lowest BCUT2D eigenvalue weighted by molar-refractivity contribution is -0.328. The van der Waals surface area contributed by atoms with Gasteiger partial charge in [0.1, 0.15) is 12.2 Å². The number of esters is 2. The monoisotopic (exact) mass is 370 g/mol. The molecule has 2 aliphatic heterocycles. The van der Waals surface area contributed by atoms with E-state index in [1.54, 1.807) is 0 Å². The molecule has 0 spiro atoms. The Balaban J connectivity index is 1.84. The molecule has 4 atom stereocenters. The van der Waals surface area contributed by atoms with Gasteiger partial charge >= 0.3 is 11.9 Å². The maximum absolute atomic E-state index is 12.2. The lowest BCUT2D eigenvalue weighted by atomic mass is 9.84. The first-order valence-corrected chi connectivity index (χ1v) is 8.48.